The van der Waals surface area contributed by atoms with Gasteiger partial charge in [0, 0.05) is 29.0 Å². The van der Waals surface area contributed by atoms with Gasteiger partial charge >= 0.3 is 0 Å². The summed E-state index contributed by atoms with van der Waals surface area (Å²) >= 11 is 3.61. The summed E-state index contributed by atoms with van der Waals surface area (Å²) in [5.74, 6) is 0.750. The predicted octanol–water partition coefficient (Wildman–Crippen LogP) is 6.50. The summed E-state index contributed by atoms with van der Waals surface area (Å²) in [6.45, 7) is 4.59. The summed E-state index contributed by atoms with van der Waals surface area (Å²) in [4.78, 5) is 10.6. The molecule has 0 spiro atoms. The molecule has 2 heterocycles. The molecule has 1 fully saturated rings. The van der Waals surface area contributed by atoms with Gasteiger partial charge in [-0.1, -0.05) is 49.8 Å². The number of fused-ring (bicyclic) bond motifs is 1. The molecule has 0 amide bonds. The normalized spacial score (nSPS) is 15.3. The summed E-state index contributed by atoms with van der Waals surface area (Å²) in [6.07, 6.45) is 10.6. The molecule has 1 aliphatic rings. The molecule has 0 aliphatic heterocycles. The molecule has 1 aromatic carbocycles. The van der Waals surface area contributed by atoms with Crippen molar-refractivity contribution in [1.29, 1.82) is 0 Å². The molecule has 0 radical (unpaired) electrons. The third-order valence-corrected chi connectivity index (χ3v) is 8.51. The van der Waals surface area contributed by atoms with Crippen molar-refractivity contribution in [3.8, 4) is 11.1 Å². The Hall–Kier alpha value is -2.61. The molecule has 4 rings (SSSR count). The average Bonchev–Trinajstić information content (AvgIpc) is 3.15. The Balaban J connectivity index is 1.77. The SMILES string of the molecule is C\C=C(/C=N\C(=C\CC)NCCO)c1cc(-c2ccccc2)c2c(N)c(SC3CCC3)sc2n1. The van der Waals surface area contributed by atoms with Gasteiger partial charge in [0.25, 0.3) is 0 Å². The van der Waals surface area contributed by atoms with Crippen LogP contribution in [0.5, 0.6) is 0 Å². The van der Waals surface area contributed by atoms with Crippen LogP contribution in [0.25, 0.3) is 26.9 Å². The molecule has 2 aromatic heterocycles. The van der Waals surface area contributed by atoms with E-state index in [1.54, 1.807) is 11.3 Å². The van der Waals surface area contributed by atoms with E-state index in [0.29, 0.717) is 11.8 Å². The fourth-order valence-electron chi connectivity index (χ4n) is 3.80. The Morgan fingerprint density at radius 3 is 2.76 bits per heavy atom. The van der Waals surface area contributed by atoms with Crippen LogP contribution in [0, 0.1) is 0 Å². The number of anilines is 1. The predicted molar refractivity (Wildman–Crippen MR) is 149 cm³/mol. The Labute approximate surface area is 209 Å². The minimum absolute atomic E-state index is 0.0622. The molecule has 0 saturated heterocycles. The van der Waals surface area contributed by atoms with Gasteiger partial charge in [-0.15, -0.1) is 23.1 Å². The van der Waals surface area contributed by atoms with Gasteiger partial charge in [0.15, 0.2) is 0 Å². The van der Waals surface area contributed by atoms with Crippen molar-refractivity contribution in [3.63, 3.8) is 0 Å². The number of nitrogens with zero attached hydrogens (tertiary/aromatic N) is 2. The Kier molecular flexibility index (Phi) is 8.43. The number of thiophene rings is 1. The van der Waals surface area contributed by atoms with Crippen LogP contribution in [0.1, 0.15) is 45.2 Å². The third-order valence-electron chi connectivity index (χ3n) is 5.84. The van der Waals surface area contributed by atoms with Crippen LogP contribution in [0.15, 0.2) is 63.6 Å². The fourth-order valence-corrected chi connectivity index (χ4v) is 6.59. The van der Waals surface area contributed by atoms with Crippen LogP contribution < -0.4 is 11.1 Å². The number of thioether (sulfide) groups is 1. The van der Waals surface area contributed by atoms with Gasteiger partial charge in [-0.3, -0.25) is 0 Å². The van der Waals surface area contributed by atoms with E-state index < -0.39 is 0 Å². The number of allylic oxidation sites excluding steroid dienone is 3. The summed E-state index contributed by atoms with van der Waals surface area (Å²) in [6, 6.07) is 12.5. The number of nitrogen functional groups attached to an aromatic ring is 1. The van der Waals surface area contributed by atoms with Crippen molar-refractivity contribution in [1.82, 2.24) is 10.3 Å². The minimum Gasteiger partial charge on any atom is -0.397 e. The molecule has 1 saturated carbocycles. The highest BCUT2D eigenvalue weighted by Gasteiger charge is 2.24. The fraction of sp³-hybridized carbons (Fsp3) is 0.333. The van der Waals surface area contributed by atoms with Crippen LogP contribution in [0.4, 0.5) is 5.69 Å². The number of aliphatic hydroxyl groups is 1. The first-order valence-corrected chi connectivity index (χ1v) is 13.5. The van der Waals surface area contributed by atoms with Crippen molar-refractivity contribution < 1.29 is 5.11 Å². The summed E-state index contributed by atoms with van der Waals surface area (Å²) in [5.41, 5.74) is 11.6. The molecule has 178 valence electrons. The van der Waals surface area contributed by atoms with Crippen LogP contribution in [-0.4, -0.2) is 34.7 Å². The molecule has 34 heavy (non-hydrogen) atoms. The number of hydrogen-bond acceptors (Lipinski definition) is 7. The number of pyridine rings is 1. The molecular formula is C27H32N4OS2. The van der Waals surface area contributed by atoms with E-state index >= 15 is 0 Å². The summed E-state index contributed by atoms with van der Waals surface area (Å²) in [5, 5.41) is 14.0. The molecule has 4 N–H and O–H groups in total. The first kappa shape index (κ1) is 24.5. The smallest absolute Gasteiger partial charge is 0.127 e. The van der Waals surface area contributed by atoms with Crippen molar-refractivity contribution in [2.75, 3.05) is 18.9 Å². The number of nitrogens with two attached hydrogens (primary N) is 1. The summed E-state index contributed by atoms with van der Waals surface area (Å²) < 4.78 is 1.18. The number of aliphatic imine (C=N–C) groups is 1. The first-order chi connectivity index (χ1) is 16.6. The van der Waals surface area contributed by atoms with Gasteiger partial charge in [-0.25, -0.2) is 9.98 Å². The second-order valence-electron chi connectivity index (χ2n) is 8.23. The van der Waals surface area contributed by atoms with Crippen LogP contribution >= 0.6 is 23.1 Å². The monoisotopic (exact) mass is 492 g/mol. The Morgan fingerprint density at radius 1 is 1.32 bits per heavy atom. The van der Waals surface area contributed by atoms with Gasteiger partial charge in [0.05, 0.1) is 22.2 Å². The second-order valence-corrected chi connectivity index (χ2v) is 10.8. The standard InChI is InChI=1S/C27H32N4OS2/c1-3-9-23(29-14-15-32)30-17-18(4-2)22-16-21(19-10-6-5-7-11-19)24-25(28)27(34-26(24)31-22)33-20-12-8-13-20/h4-7,9-11,16-17,20,29,32H,3,8,12-15,28H2,1-2H3/b18-4+,23-9+,30-17-. The highest BCUT2D eigenvalue weighted by atomic mass is 32.2. The average molecular weight is 493 g/mol. The zero-order valence-corrected chi connectivity index (χ0v) is 21.4. The van der Waals surface area contributed by atoms with E-state index in [2.05, 4.69) is 47.6 Å². The van der Waals surface area contributed by atoms with Gasteiger partial charge in [-0.05, 0) is 49.5 Å². The van der Waals surface area contributed by atoms with Crippen LogP contribution in [0.2, 0.25) is 0 Å². The maximum absolute atomic E-state index is 9.15. The molecule has 7 heteroatoms. The van der Waals surface area contributed by atoms with E-state index in [1.807, 2.05) is 43.1 Å². The molecule has 0 unspecified atom stereocenters. The first-order valence-electron chi connectivity index (χ1n) is 11.8. The highest BCUT2D eigenvalue weighted by Crippen LogP contribution is 2.48. The summed E-state index contributed by atoms with van der Waals surface area (Å²) in [7, 11) is 0. The molecule has 0 bridgehead atoms. The van der Waals surface area contributed by atoms with Crippen molar-refractivity contribution in [3.05, 3.63) is 60.1 Å². The second kappa shape index (κ2) is 11.7. The van der Waals surface area contributed by atoms with E-state index in [1.165, 1.54) is 23.5 Å². The van der Waals surface area contributed by atoms with Crippen molar-refractivity contribution in [2.24, 2.45) is 4.99 Å². The lowest BCUT2D eigenvalue weighted by molar-refractivity contribution is 0.297. The highest BCUT2D eigenvalue weighted by molar-refractivity contribution is 8.02. The maximum atomic E-state index is 9.15. The van der Waals surface area contributed by atoms with E-state index in [-0.39, 0.29) is 6.61 Å². The van der Waals surface area contributed by atoms with E-state index in [4.69, 9.17) is 15.8 Å². The van der Waals surface area contributed by atoms with Crippen molar-refractivity contribution in [2.45, 2.75) is 49.0 Å². The Morgan fingerprint density at radius 2 is 2.12 bits per heavy atom. The molecule has 3 aromatic rings. The van der Waals surface area contributed by atoms with E-state index in [9.17, 15) is 0 Å². The lowest BCUT2D eigenvalue weighted by atomic mass is 10.00. The molecule has 0 atom stereocenters. The molecular weight excluding hydrogens is 460 g/mol. The van der Waals surface area contributed by atoms with E-state index in [0.717, 1.165) is 50.5 Å². The van der Waals surface area contributed by atoms with Gasteiger partial charge in [0.1, 0.15) is 10.7 Å². The largest absolute Gasteiger partial charge is 0.397 e. The molecule has 1 aliphatic carbocycles. The Bertz CT molecular complexity index is 1210. The quantitative estimate of drug-likeness (QED) is 0.281. The zero-order chi connectivity index (χ0) is 23.9. The number of benzene rings is 1. The van der Waals surface area contributed by atoms with Gasteiger partial charge in [0.2, 0.25) is 0 Å². The van der Waals surface area contributed by atoms with Crippen LogP contribution in [-0.2, 0) is 0 Å². The molecule has 5 nitrogen and oxygen atoms in total. The number of rotatable bonds is 10. The van der Waals surface area contributed by atoms with Gasteiger partial charge < -0.3 is 16.2 Å². The lowest BCUT2D eigenvalue weighted by Gasteiger charge is -2.23. The zero-order valence-electron chi connectivity index (χ0n) is 19.8. The number of aliphatic hydroxyl groups excluding tert-OH is 1. The van der Waals surface area contributed by atoms with Gasteiger partial charge in [-0.2, -0.15) is 0 Å². The maximum Gasteiger partial charge on any atom is 0.127 e. The lowest BCUT2D eigenvalue weighted by Crippen LogP contribution is -2.16. The van der Waals surface area contributed by atoms with Crippen LogP contribution in [0.3, 0.4) is 0 Å². The third kappa shape index (κ3) is 5.54. The number of hydrogen-bond donors (Lipinski definition) is 3. The number of aromatic nitrogens is 1. The topological polar surface area (TPSA) is 83.5 Å². The minimum atomic E-state index is 0.0622. The van der Waals surface area contributed by atoms with Crippen molar-refractivity contribution >= 4 is 50.8 Å². The number of nitrogens with one attached hydrogen (secondary N) is 1.